The average molecular weight is 430 g/mol. The molecule has 0 aromatic heterocycles. The summed E-state index contributed by atoms with van der Waals surface area (Å²) in [5, 5.41) is 2.76. The van der Waals surface area contributed by atoms with E-state index < -0.39 is 12.0 Å². The number of rotatable bonds is 11. The first-order chi connectivity index (χ1) is 14.5. The van der Waals surface area contributed by atoms with Crippen LogP contribution in [0, 0.1) is 0 Å². The Morgan fingerprint density at radius 2 is 1.80 bits per heavy atom. The van der Waals surface area contributed by atoms with Crippen LogP contribution in [0.5, 0.6) is 5.75 Å². The number of ketones is 1. The van der Waals surface area contributed by atoms with E-state index in [-0.39, 0.29) is 18.3 Å². The zero-order valence-corrected chi connectivity index (χ0v) is 18.3. The largest absolute Gasteiger partial charge is 0.493 e. The van der Waals surface area contributed by atoms with Crippen molar-refractivity contribution < 1.29 is 23.9 Å². The highest BCUT2D eigenvalue weighted by molar-refractivity contribution is 7.98. The van der Waals surface area contributed by atoms with E-state index in [9.17, 15) is 14.4 Å². The molecule has 6 nitrogen and oxygen atoms in total. The summed E-state index contributed by atoms with van der Waals surface area (Å²) in [5.41, 5.74) is 1.60. The van der Waals surface area contributed by atoms with Gasteiger partial charge in [-0.05, 0) is 62.6 Å². The molecule has 0 aliphatic heterocycles. The fourth-order valence-corrected chi connectivity index (χ4v) is 3.24. The molecule has 0 spiro atoms. The van der Waals surface area contributed by atoms with Crippen molar-refractivity contribution in [2.75, 3.05) is 18.6 Å². The van der Waals surface area contributed by atoms with Crippen molar-refractivity contribution in [3.63, 3.8) is 0 Å². The molecule has 0 aliphatic carbocycles. The molecule has 160 valence electrons. The second-order valence-corrected chi connectivity index (χ2v) is 7.58. The first kappa shape index (κ1) is 23.5. The van der Waals surface area contributed by atoms with Gasteiger partial charge < -0.3 is 14.8 Å². The first-order valence-electron chi connectivity index (χ1n) is 9.74. The van der Waals surface area contributed by atoms with Gasteiger partial charge in [-0.25, -0.2) is 4.79 Å². The Morgan fingerprint density at radius 1 is 1.07 bits per heavy atom. The molecule has 0 aliphatic rings. The standard InChI is InChI=1S/C23H27NO5S/c1-4-28-21-11-10-18(16(2)25)14-19(21)15-29-23(27)20(12-13-30-3)24-22(26)17-8-6-5-7-9-17/h5-11,14,20H,4,12-13,15H2,1-3H3,(H,24,26). The van der Waals surface area contributed by atoms with Gasteiger partial charge in [-0.1, -0.05) is 18.2 Å². The predicted octanol–water partition coefficient (Wildman–Crippen LogP) is 3.88. The average Bonchev–Trinajstić information content (AvgIpc) is 2.76. The van der Waals surface area contributed by atoms with Crippen LogP contribution in [0.3, 0.4) is 0 Å². The molecule has 0 saturated carbocycles. The zero-order chi connectivity index (χ0) is 21.9. The molecule has 1 unspecified atom stereocenters. The molecule has 1 amide bonds. The van der Waals surface area contributed by atoms with Crippen molar-refractivity contribution in [3.05, 3.63) is 65.2 Å². The lowest BCUT2D eigenvalue weighted by Crippen LogP contribution is -2.42. The first-order valence-corrected chi connectivity index (χ1v) is 11.1. The van der Waals surface area contributed by atoms with Crippen LogP contribution in [0.25, 0.3) is 0 Å². The molecule has 2 aromatic carbocycles. The van der Waals surface area contributed by atoms with Crippen molar-refractivity contribution in [2.24, 2.45) is 0 Å². The maximum absolute atomic E-state index is 12.7. The van der Waals surface area contributed by atoms with Crippen LogP contribution in [0.4, 0.5) is 0 Å². The molecular formula is C23H27NO5S. The monoisotopic (exact) mass is 429 g/mol. The highest BCUT2D eigenvalue weighted by Gasteiger charge is 2.23. The highest BCUT2D eigenvalue weighted by Crippen LogP contribution is 2.22. The number of benzene rings is 2. The van der Waals surface area contributed by atoms with E-state index in [1.807, 2.05) is 19.2 Å². The van der Waals surface area contributed by atoms with Crippen molar-refractivity contribution in [2.45, 2.75) is 32.9 Å². The lowest BCUT2D eigenvalue weighted by molar-refractivity contribution is -0.147. The van der Waals surface area contributed by atoms with Crippen molar-refractivity contribution in [1.82, 2.24) is 5.32 Å². The third kappa shape index (κ3) is 6.91. The number of nitrogens with one attached hydrogen (secondary N) is 1. The summed E-state index contributed by atoms with van der Waals surface area (Å²) in [4.78, 5) is 36.9. The molecular weight excluding hydrogens is 402 g/mol. The maximum atomic E-state index is 12.7. The summed E-state index contributed by atoms with van der Waals surface area (Å²) < 4.78 is 11.1. The Bertz CT molecular complexity index is 869. The van der Waals surface area contributed by atoms with Gasteiger partial charge in [0.1, 0.15) is 18.4 Å². The zero-order valence-electron chi connectivity index (χ0n) is 17.5. The van der Waals surface area contributed by atoms with Gasteiger partial charge in [-0.15, -0.1) is 0 Å². The summed E-state index contributed by atoms with van der Waals surface area (Å²) in [6.07, 6.45) is 2.38. The Hall–Kier alpha value is -2.80. The number of ether oxygens (including phenoxy) is 2. The van der Waals surface area contributed by atoms with E-state index in [1.165, 1.54) is 6.92 Å². The maximum Gasteiger partial charge on any atom is 0.329 e. The molecule has 30 heavy (non-hydrogen) atoms. The second kappa shape index (κ2) is 12.0. The smallest absolute Gasteiger partial charge is 0.329 e. The van der Waals surface area contributed by atoms with Crippen LogP contribution >= 0.6 is 11.8 Å². The van der Waals surface area contributed by atoms with E-state index in [4.69, 9.17) is 9.47 Å². The third-order valence-electron chi connectivity index (χ3n) is 4.37. The fourth-order valence-electron chi connectivity index (χ4n) is 2.77. The van der Waals surface area contributed by atoms with Gasteiger partial charge in [0, 0.05) is 16.7 Å². The van der Waals surface area contributed by atoms with Crippen LogP contribution in [-0.4, -0.2) is 42.3 Å². The number of esters is 1. The number of carbonyl (C=O) groups is 3. The van der Waals surface area contributed by atoms with Gasteiger partial charge >= 0.3 is 5.97 Å². The summed E-state index contributed by atoms with van der Waals surface area (Å²) in [6, 6.07) is 13.0. The van der Waals surface area contributed by atoms with Crippen LogP contribution < -0.4 is 10.1 Å². The molecule has 7 heteroatoms. The Labute approximate surface area is 181 Å². The van der Waals surface area contributed by atoms with Crippen molar-refractivity contribution >= 4 is 29.4 Å². The van der Waals surface area contributed by atoms with E-state index >= 15 is 0 Å². The lowest BCUT2D eigenvalue weighted by atomic mass is 10.1. The molecule has 1 atom stereocenters. The second-order valence-electron chi connectivity index (χ2n) is 6.59. The minimum atomic E-state index is -0.767. The predicted molar refractivity (Wildman–Crippen MR) is 118 cm³/mol. The van der Waals surface area contributed by atoms with E-state index in [0.29, 0.717) is 41.2 Å². The number of hydrogen-bond donors (Lipinski definition) is 1. The normalized spacial score (nSPS) is 11.4. The lowest BCUT2D eigenvalue weighted by Gasteiger charge is -2.18. The summed E-state index contributed by atoms with van der Waals surface area (Å²) in [7, 11) is 0. The van der Waals surface area contributed by atoms with Crippen molar-refractivity contribution in [1.29, 1.82) is 0 Å². The molecule has 0 heterocycles. The van der Waals surface area contributed by atoms with Gasteiger partial charge in [-0.3, -0.25) is 9.59 Å². The van der Waals surface area contributed by atoms with Gasteiger partial charge in [0.15, 0.2) is 5.78 Å². The Balaban J connectivity index is 2.10. The number of amides is 1. The number of carbonyl (C=O) groups excluding carboxylic acids is 3. The Morgan fingerprint density at radius 3 is 2.43 bits per heavy atom. The SMILES string of the molecule is CCOc1ccc(C(C)=O)cc1COC(=O)C(CCSC)NC(=O)c1ccccc1. The number of thioether (sulfide) groups is 1. The van der Waals surface area contributed by atoms with Gasteiger partial charge in [-0.2, -0.15) is 11.8 Å². The van der Waals surface area contributed by atoms with E-state index in [0.717, 1.165) is 0 Å². The van der Waals surface area contributed by atoms with Crippen LogP contribution in [0.15, 0.2) is 48.5 Å². The minimum absolute atomic E-state index is 0.0493. The molecule has 0 fully saturated rings. The topological polar surface area (TPSA) is 81.7 Å². The summed E-state index contributed by atoms with van der Waals surface area (Å²) >= 11 is 1.58. The quantitative estimate of drug-likeness (QED) is 0.431. The van der Waals surface area contributed by atoms with Crippen molar-refractivity contribution in [3.8, 4) is 5.75 Å². The fraction of sp³-hybridized carbons (Fsp3) is 0.348. The van der Waals surface area contributed by atoms with Crippen LogP contribution in [-0.2, 0) is 16.1 Å². The number of Topliss-reactive ketones (excluding diaryl/α,β-unsaturated/α-hetero) is 1. The molecule has 0 bridgehead atoms. The molecule has 2 rings (SSSR count). The molecule has 2 aromatic rings. The summed E-state index contributed by atoms with van der Waals surface area (Å²) in [5.74, 6) is 0.317. The number of hydrogen-bond acceptors (Lipinski definition) is 6. The molecule has 0 saturated heterocycles. The van der Waals surface area contributed by atoms with Gasteiger partial charge in [0.2, 0.25) is 0 Å². The van der Waals surface area contributed by atoms with E-state index in [1.54, 1.807) is 54.2 Å². The van der Waals surface area contributed by atoms with Gasteiger partial charge in [0.05, 0.1) is 6.61 Å². The minimum Gasteiger partial charge on any atom is -0.493 e. The molecule has 1 N–H and O–H groups in total. The van der Waals surface area contributed by atoms with Crippen LogP contribution in [0.1, 0.15) is 46.5 Å². The highest BCUT2D eigenvalue weighted by atomic mass is 32.2. The van der Waals surface area contributed by atoms with E-state index in [2.05, 4.69) is 5.32 Å². The van der Waals surface area contributed by atoms with Crippen LogP contribution in [0.2, 0.25) is 0 Å². The molecule has 0 radical (unpaired) electrons. The third-order valence-corrected chi connectivity index (χ3v) is 5.02. The van der Waals surface area contributed by atoms with Gasteiger partial charge in [0.25, 0.3) is 5.91 Å². The Kier molecular flexibility index (Phi) is 9.41. The summed E-state index contributed by atoms with van der Waals surface area (Å²) in [6.45, 7) is 3.73.